The molecule has 2 unspecified atom stereocenters. The van der Waals surface area contributed by atoms with Crippen LogP contribution in [0.1, 0.15) is 213 Å². The summed E-state index contributed by atoms with van der Waals surface area (Å²) >= 11 is 0. The molecule has 0 aromatic rings. The Morgan fingerprint density at radius 2 is 0.803 bits per heavy atom. The highest BCUT2D eigenvalue weighted by atomic mass is 31.2. The van der Waals surface area contributed by atoms with Gasteiger partial charge in [-0.25, -0.2) is 4.57 Å². The summed E-state index contributed by atoms with van der Waals surface area (Å²) in [4.78, 5) is 35.6. The minimum Gasteiger partial charge on any atom is -0.462 e. The average Bonchev–Trinajstić information content (AvgIpc) is 3.33. The van der Waals surface area contributed by atoms with Gasteiger partial charge in [0.05, 0.1) is 27.7 Å². The van der Waals surface area contributed by atoms with Crippen molar-refractivity contribution in [1.29, 1.82) is 0 Å². The first kappa shape index (κ1) is 67.7. The molecule has 0 heterocycles. The summed E-state index contributed by atoms with van der Waals surface area (Å²) in [6.45, 7) is 4.26. The lowest BCUT2D eigenvalue weighted by molar-refractivity contribution is -0.870. The van der Waals surface area contributed by atoms with Gasteiger partial charge in [0.1, 0.15) is 19.8 Å². The molecule has 0 saturated carbocycles. The van der Waals surface area contributed by atoms with E-state index < -0.39 is 26.5 Å². The van der Waals surface area contributed by atoms with Crippen molar-refractivity contribution in [2.45, 2.75) is 219 Å². The van der Waals surface area contributed by atoms with Gasteiger partial charge in [-0.2, -0.15) is 0 Å². The van der Waals surface area contributed by atoms with Crippen molar-refractivity contribution in [3.63, 3.8) is 0 Å². The Bertz CT molecular complexity index is 1570. The van der Waals surface area contributed by atoms with E-state index >= 15 is 0 Å². The SMILES string of the molecule is CC/C=C\C/C=C\C/C=C\C/C=C\C/C=C\C/C=C\C/C=C\CCCCCCCCCCCC(=O)OC(COC(=O)CCCCCCC/C=C\C/C=C\CCCCCC)COP(=O)(O)OCC[N+](C)(C)C. The van der Waals surface area contributed by atoms with Gasteiger partial charge in [0.25, 0.3) is 0 Å². The third kappa shape index (κ3) is 55.8. The van der Waals surface area contributed by atoms with Gasteiger partial charge >= 0.3 is 19.8 Å². The van der Waals surface area contributed by atoms with E-state index in [0.717, 1.165) is 116 Å². The Morgan fingerprint density at radius 3 is 1.20 bits per heavy atom. The molecule has 1 N–H and O–H groups in total. The standard InChI is InChI=1S/C61H104NO8P/c1-6-8-10-12-14-16-18-20-22-24-25-26-27-28-29-30-31-32-33-34-35-36-37-38-40-42-44-46-48-50-52-54-61(64)70-59(58-69-71(65,66)68-56-55-62(3,4)5)57-67-60(63)53-51-49-47-45-43-41-39-23-21-19-17-15-13-11-9-7-2/h8,10,14,16-17,19-20,22-23,25-26,28-29,31-32,34-35,39,59H,6-7,9,11-13,15,18,21,24,27,30,33,36-38,40-58H2,1-5H3/p+1/b10-8-,16-14-,19-17-,22-20-,26-25-,29-28-,32-31-,35-34-,39-23-. The molecule has 0 saturated heterocycles. The Morgan fingerprint density at radius 1 is 0.451 bits per heavy atom. The maximum absolute atomic E-state index is 12.8. The van der Waals surface area contributed by atoms with Crippen molar-refractivity contribution >= 4 is 19.8 Å². The van der Waals surface area contributed by atoms with E-state index in [0.29, 0.717) is 17.4 Å². The van der Waals surface area contributed by atoms with Crippen LogP contribution in [0.15, 0.2) is 109 Å². The van der Waals surface area contributed by atoms with Crippen LogP contribution < -0.4 is 0 Å². The number of carbonyl (C=O) groups is 2. The Kier molecular flexibility index (Phi) is 49.1. The fraction of sp³-hybridized carbons (Fsp3) is 0.672. The van der Waals surface area contributed by atoms with E-state index in [1.165, 1.54) is 64.2 Å². The Hall–Kier alpha value is -3.33. The molecule has 0 aromatic carbocycles. The number of esters is 2. The quantitative estimate of drug-likeness (QED) is 0.0211. The third-order valence-electron chi connectivity index (χ3n) is 11.5. The fourth-order valence-corrected chi connectivity index (χ4v) is 7.94. The van der Waals surface area contributed by atoms with Crippen LogP contribution in [-0.4, -0.2) is 74.9 Å². The summed E-state index contributed by atoms with van der Waals surface area (Å²) in [6, 6.07) is 0. The predicted molar refractivity (Wildman–Crippen MR) is 302 cm³/mol. The molecule has 0 rings (SSSR count). The average molecular weight is 1010 g/mol. The molecule has 0 spiro atoms. The zero-order valence-electron chi connectivity index (χ0n) is 45.9. The third-order valence-corrected chi connectivity index (χ3v) is 12.5. The molecule has 2 atom stereocenters. The van der Waals surface area contributed by atoms with Gasteiger partial charge in [0.15, 0.2) is 6.10 Å². The molecule has 71 heavy (non-hydrogen) atoms. The van der Waals surface area contributed by atoms with Crippen molar-refractivity contribution in [3.8, 4) is 0 Å². The number of phosphoric acid groups is 1. The number of rotatable bonds is 50. The van der Waals surface area contributed by atoms with Crippen molar-refractivity contribution < 1.29 is 42.1 Å². The van der Waals surface area contributed by atoms with Gasteiger partial charge in [0.2, 0.25) is 0 Å². The Balaban J connectivity index is 4.21. The lowest BCUT2D eigenvalue weighted by Crippen LogP contribution is -2.37. The molecular weight excluding hydrogens is 906 g/mol. The number of unbranched alkanes of at least 4 members (excludes halogenated alkanes) is 18. The van der Waals surface area contributed by atoms with Gasteiger partial charge in [-0.1, -0.05) is 207 Å². The molecule has 0 aromatic heterocycles. The van der Waals surface area contributed by atoms with Crippen LogP contribution in [0.2, 0.25) is 0 Å². The van der Waals surface area contributed by atoms with Gasteiger partial charge in [0, 0.05) is 12.8 Å². The molecule has 0 amide bonds. The van der Waals surface area contributed by atoms with E-state index in [-0.39, 0.29) is 32.0 Å². The summed E-state index contributed by atoms with van der Waals surface area (Å²) in [5.41, 5.74) is 0. The normalized spacial score (nSPS) is 14.2. The number of quaternary nitrogens is 1. The van der Waals surface area contributed by atoms with E-state index in [1.54, 1.807) is 0 Å². The van der Waals surface area contributed by atoms with Crippen LogP contribution in [-0.2, 0) is 32.7 Å². The highest BCUT2D eigenvalue weighted by molar-refractivity contribution is 7.47. The van der Waals surface area contributed by atoms with Crippen molar-refractivity contribution in [1.82, 2.24) is 0 Å². The lowest BCUT2D eigenvalue weighted by Gasteiger charge is -2.24. The first-order valence-electron chi connectivity index (χ1n) is 28.1. The number of likely N-dealkylation sites (N-methyl/N-ethyl adjacent to an activating group) is 1. The number of nitrogens with zero attached hydrogens (tertiary/aromatic N) is 1. The highest BCUT2D eigenvalue weighted by Crippen LogP contribution is 2.43. The van der Waals surface area contributed by atoms with E-state index in [4.69, 9.17) is 18.5 Å². The second kappa shape index (κ2) is 51.6. The molecular formula is C61H105NO8P+. The molecule has 0 radical (unpaired) electrons. The molecule has 0 fully saturated rings. The van der Waals surface area contributed by atoms with Crippen LogP contribution in [0.5, 0.6) is 0 Å². The van der Waals surface area contributed by atoms with Crippen LogP contribution in [0.25, 0.3) is 0 Å². The minimum absolute atomic E-state index is 0.0226. The molecule has 0 aliphatic carbocycles. The van der Waals surface area contributed by atoms with Crippen molar-refractivity contribution in [3.05, 3.63) is 109 Å². The highest BCUT2D eigenvalue weighted by Gasteiger charge is 2.27. The molecule has 0 bridgehead atoms. The topological polar surface area (TPSA) is 108 Å². The van der Waals surface area contributed by atoms with Crippen molar-refractivity contribution in [2.24, 2.45) is 0 Å². The summed E-state index contributed by atoms with van der Waals surface area (Å²) in [5, 5.41) is 0. The number of hydrogen-bond acceptors (Lipinski definition) is 7. The van der Waals surface area contributed by atoms with Gasteiger partial charge in [-0.3, -0.25) is 18.6 Å². The van der Waals surface area contributed by atoms with Gasteiger partial charge < -0.3 is 18.9 Å². The van der Waals surface area contributed by atoms with Gasteiger partial charge in [-0.15, -0.1) is 0 Å². The first-order chi connectivity index (χ1) is 34.5. The smallest absolute Gasteiger partial charge is 0.462 e. The lowest BCUT2D eigenvalue weighted by atomic mass is 10.1. The molecule has 9 nitrogen and oxygen atoms in total. The number of carbonyl (C=O) groups excluding carboxylic acids is 2. The summed E-state index contributed by atoms with van der Waals surface area (Å²) in [7, 11) is 1.45. The second-order valence-corrected chi connectivity index (χ2v) is 21.0. The van der Waals surface area contributed by atoms with Crippen LogP contribution >= 0.6 is 7.82 Å². The number of ether oxygens (including phenoxy) is 2. The van der Waals surface area contributed by atoms with E-state index in [2.05, 4.69) is 123 Å². The number of allylic oxidation sites excluding steroid dienone is 18. The van der Waals surface area contributed by atoms with Gasteiger partial charge in [-0.05, 0) is 103 Å². The number of phosphoric ester groups is 1. The molecule has 0 aliphatic heterocycles. The van der Waals surface area contributed by atoms with Crippen LogP contribution in [0.3, 0.4) is 0 Å². The summed E-state index contributed by atoms with van der Waals surface area (Å²) < 4.78 is 34.5. The number of hydrogen-bond donors (Lipinski definition) is 1. The monoisotopic (exact) mass is 1010 g/mol. The Labute approximate surface area is 436 Å². The molecule has 0 aliphatic rings. The summed E-state index contributed by atoms with van der Waals surface area (Å²) in [6.07, 6.45) is 71.5. The molecule has 10 heteroatoms. The van der Waals surface area contributed by atoms with Crippen LogP contribution in [0.4, 0.5) is 0 Å². The van der Waals surface area contributed by atoms with E-state index in [1.807, 2.05) is 21.1 Å². The van der Waals surface area contributed by atoms with E-state index in [9.17, 15) is 19.0 Å². The zero-order valence-corrected chi connectivity index (χ0v) is 46.8. The maximum Gasteiger partial charge on any atom is 0.472 e. The zero-order chi connectivity index (χ0) is 52.0. The minimum atomic E-state index is -4.40. The first-order valence-corrected chi connectivity index (χ1v) is 29.6. The molecule has 406 valence electrons. The predicted octanol–water partition coefficient (Wildman–Crippen LogP) is 17.4. The van der Waals surface area contributed by atoms with Crippen molar-refractivity contribution in [2.75, 3.05) is 47.5 Å². The summed E-state index contributed by atoms with van der Waals surface area (Å²) in [5.74, 6) is -0.827. The maximum atomic E-state index is 12.8. The second-order valence-electron chi connectivity index (χ2n) is 19.6. The van der Waals surface area contributed by atoms with Crippen LogP contribution in [0, 0.1) is 0 Å². The fourth-order valence-electron chi connectivity index (χ4n) is 7.20. The largest absolute Gasteiger partial charge is 0.472 e.